The number of carbonyl (C=O) groups excluding carboxylic acids is 1. The van der Waals surface area contributed by atoms with Gasteiger partial charge in [0.05, 0.1) is 5.56 Å². The zero-order valence-corrected chi connectivity index (χ0v) is 14.6. The Balaban J connectivity index is 2.29. The third kappa shape index (κ3) is 4.49. The van der Waals surface area contributed by atoms with E-state index in [1.165, 1.54) is 0 Å². The fourth-order valence-electron chi connectivity index (χ4n) is 2.67. The molecule has 24 heavy (non-hydrogen) atoms. The Labute approximate surface area is 144 Å². The lowest BCUT2D eigenvalue weighted by Crippen LogP contribution is -2.24. The van der Waals surface area contributed by atoms with Gasteiger partial charge in [0.25, 0.3) is 0 Å². The summed E-state index contributed by atoms with van der Waals surface area (Å²) in [4.78, 5) is 12.7. The van der Waals surface area contributed by atoms with E-state index in [2.05, 4.69) is 32.3 Å². The summed E-state index contributed by atoms with van der Waals surface area (Å²) >= 11 is 0. The predicted molar refractivity (Wildman–Crippen MR) is 99.8 cm³/mol. The van der Waals surface area contributed by atoms with E-state index >= 15 is 0 Å². The highest BCUT2D eigenvalue weighted by molar-refractivity contribution is 6.04. The number of fused-ring (bicyclic) bond motifs is 1. The zero-order valence-electron chi connectivity index (χ0n) is 14.6. The van der Waals surface area contributed by atoms with Crippen molar-refractivity contribution in [3.63, 3.8) is 0 Å². The lowest BCUT2D eigenvalue weighted by Gasteiger charge is -2.19. The molecule has 2 unspecified atom stereocenters. The van der Waals surface area contributed by atoms with Crippen LogP contribution in [-0.2, 0) is 4.74 Å². The average molecular weight is 320 g/mol. The normalized spacial score (nSPS) is 12.8. The van der Waals surface area contributed by atoms with Crippen LogP contribution >= 0.6 is 0 Å². The maximum atomic E-state index is 12.7. The highest BCUT2D eigenvalue weighted by Crippen LogP contribution is 2.21. The van der Waals surface area contributed by atoms with E-state index in [4.69, 9.17) is 4.74 Å². The van der Waals surface area contributed by atoms with Gasteiger partial charge in [0.1, 0.15) is 0 Å². The van der Waals surface area contributed by atoms with Crippen LogP contribution in [0.2, 0.25) is 0 Å². The van der Waals surface area contributed by atoms with Gasteiger partial charge in [-0.2, -0.15) is 0 Å². The SMILES string of the molecule is C=C(C)C#CC(OC(=O)c1cccc2ccccc12)C(C)CCC. The first-order chi connectivity index (χ1) is 11.5. The lowest BCUT2D eigenvalue weighted by molar-refractivity contribution is 0.0307. The first-order valence-corrected chi connectivity index (χ1v) is 8.38. The van der Waals surface area contributed by atoms with Crippen molar-refractivity contribution in [3.05, 3.63) is 60.2 Å². The summed E-state index contributed by atoms with van der Waals surface area (Å²) in [5.74, 6) is 5.88. The van der Waals surface area contributed by atoms with E-state index in [1.807, 2.05) is 43.3 Å². The zero-order chi connectivity index (χ0) is 17.5. The summed E-state index contributed by atoms with van der Waals surface area (Å²) in [5.41, 5.74) is 1.35. The van der Waals surface area contributed by atoms with Crippen LogP contribution in [0.3, 0.4) is 0 Å². The molecule has 2 aromatic carbocycles. The number of carbonyl (C=O) groups is 1. The smallest absolute Gasteiger partial charge is 0.340 e. The molecule has 124 valence electrons. The predicted octanol–water partition coefficient (Wildman–Crippen LogP) is 5.38. The molecule has 2 heteroatoms. The van der Waals surface area contributed by atoms with E-state index in [0.717, 1.165) is 29.2 Å². The molecule has 0 radical (unpaired) electrons. The number of benzene rings is 2. The van der Waals surface area contributed by atoms with Crippen molar-refractivity contribution in [2.24, 2.45) is 5.92 Å². The maximum absolute atomic E-state index is 12.7. The summed E-state index contributed by atoms with van der Waals surface area (Å²) in [5, 5.41) is 1.93. The van der Waals surface area contributed by atoms with Gasteiger partial charge in [-0.25, -0.2) is 4.79 Å². The number of allylic oxidation sites excluding steroid dienone is 1. The van der Waals surface area contributed by atoms with Gasteiger partial charge in [-0.1, -0.05) is 75.1 Å². The van der Waals surface area contributed by atoms with Gasteiger partial charge in [-0.15, -0.1) is 0 Å². The lowest BCUT2D eigenvalue weighted by atomic mass is 9.99. The van der Waals surface area contributed by atoms with Gasteiger partial charge in [-0.3, -0.25) is 0 Å². The molecule has 0 aliphatic heterocycles. The van der Waals surface area contributed by atoms with E-state index in [-0.39, 0.29) is 11.9 Å². The molecule has 0 N–H and O–H groups in total. The van der Waals surface area contributed by atoms with E-state index < -0.39 is 6.10 Å². The molecule has 0 aliphatic rings. The topological polar surface area (TPSA) is 26.3 Å². The molecule has 2 rings (SSSR count). The van der Waals surface area contributed by atoms with Crippen LogP contribution in [0, 0.1) is 17.8 Å². The molecule has 0 aromatic heterocycles. The first kappa shape index (κ1) is 17.8. The molecular formula is C22H24O2. The molecule has 2 aromatic rings. The largest absolute Gasteiger partial charge is 0.445 e. The molecular weight excluding hydrogens is 296 g/mol. The monoisotopic (exact) mass is 320 g/mol. The van der Waals surface area contributed by atoms with Gasteiger partial charge in [0, 0.05) is 5.92 Å². The number of ether oxygens (including phenoxy) is 1. The molecule has 0 saturated heterocycles. The van der Waals surface area contributed by atoms with Crippen LogP contribution in [0.1, 0.15) is 44.0 Å². The van der Waals surface area contributed by atoms with E-state index in [9.17, 15) is 4.79 Å². The molecule has 0 aliphatic carbocycles. The third-order valence-electron chi connectivity index (χ3n) is 3.93. The van der Waals surface area contributed by atoms with Crippen molar-refractivity contribution in [1.82, 2.24) is 0 Å². The van der Waals surface area contributed by atoms with Crippen LogP contribution in [0.25, 0.3) is 10.8 Å². The number of hydrogen-bond acceptors (Lipinski definition) is 2. The number of esters is 1. The highest BCUT2D eigenvalue weighted by atomic mass is 16.5. The third-order valence-corrected chi connectivity index (χ3v) is 3.93. The minimum atomic E-state index is -0.423. The molecule has 2 nitrogen and oxygen atoms in total. The Hall–Kier alpha value is -2.53. The van der Waals surface area contributed by atoms with Crippen LogP contribution in [-0.4, -0.2) is 12.1 Å². The molecule has 0 bridgehead atoms. The Morgan fingerprint density at radius 1 is 1.21 bits per heavy atom. The first-order valence-electron chi connectivity index (χ1n) is 8.38. The summed E-state index contributed by atoms with van der Waals surface area (Å²) in [6, 6.07) is 13.5. The van der Waals surface area contributed by atoms with Gasteiger partial charge in [-0.05, 0) is 35.8 Å². The van der Waals surface area contributed by atoms with E-state index in [1.54, 1.807) is 6.07 Å². The van der Waals surface area contributed by atoms with Gasteiger partial charge < -0.3 is 4.74 Å². The van der Waals surface area contributed by atoms with Crippen molar-refractivity contribution in [2.45, 2.75) is 39.7 Å². The molecule has 0 amide bonds. The second-order valence-corrected chi connectivity index (χ2v) is 6.17. The van der Waals surface area contributed by atoms with E-state index in [0.29, 0.717) is 5.56 Å². The van der Waals surface area contributed by atoms with Gasteiger partial charge in [0.2, 0.25) is 0 Å². The Kier molecular flexibility index (Phi) is 6.21. The second kappa shape index (κ2) is 8.36. The van der Waals surface area contributed by atoms with Gasteiger partial charge in [0.15, 0.2) is 6.10 Å². The maximum Gasteiger partial charge on any atom is 0.340 e. The summed E-state index contributed by atoms with van der Waals surface area (Å²) < 4.78 is 5.76. The van der Waals surface area contributed by atoms with Crippen LogP contribution < -0.4 is 0 Å². The van der Waals surface area contributed by atoms with Crippen LogP contribution in [0.5, 0.6) is 0 Å². The molecule has 2 atom stereocenters. The molecule has 0 spiro atoms. The van der Waals surface area contributed by atoms with Crippen molar-refractivity contribution in [1.29, 1.82) is 0 Å². The number of rotatable bonds is 5. The highest BCUT2D eigenvalue weighted by Gasteiger charge is 2.21. The van der Waals surface area contributed by atoms with Crippen LogP contribution in [0.15, 0.2) is 54.6 Å². The second-order valence-electron chi connectivity index (χ2n) is 6.17. The van der Waals surface area contributed by atoms with Crippen molar-refractivity contribution < 1.29 is 9.53 Å². The Bertz CT molecular complexity index is 787. The molecule has 0 saturated carbocycles. The summed E-state index contributed by atoms with van der Waals surface area (Å²) in [6.45, 7) is 9.83. The summed E-state index contributed by atoms with van der Waals surface area (Å²) in [6.07, 6.45) is 1.56. The molecule has 0 heterocycles. The average Bonchev–Trinajstić information content (AvgIpc) is 2.57. The van der Waals surface area contributed by atoms with Crippen LogP contribution in [0.4, 0.5) is 0 Å². The van der Waals surface area contributed by atoms with Gasteiger partial charge >= 0.3 is 5.97 Å². The molecule has 0 fully saturated rings. The Morgan fingerprint density at radius 2 is 1.92 bits per heavy atom. The fourth-order valence-corrected chi connectivity index (χ4v) is 2.67. The van der Waals surface area contributed by atoms with Crippen molar-refractivity contribution >= 4 is 16.7 Å². The minimum Gasteiger partial charge on any atom is -0.445 e. The fraction of sp³-hybridized carbons (Fsp3) is 0.318. The number of hydrogen-bond donors (Lipinski definition) is 0. The minimum absolute atomic E-state index is 0.181. The Morgan fingerprint density at radius 3 is 2.62 bits per heavy atom. The standard InChI is InChI=1S/C22H24O2/c1-5-9-17(4)21(15-14-16(2)3)24-22(23)20-13-8-11-18-10-6-7-12-19(18)20/h6-8,10-13,17,21H,2,5,9H2,1,3-4H3. The van der Waals surface area contributed by atoms with Crippen molar-refractivity contribution in [3.8, 4) is 11.8 Å². The summed E-state index contributed by atoms with van der Waals surface area (Å²) in [7, 11) is 0. The van der Waals surface area contributed by atoms with Crippen molar-refractivity contribution in [2.75, 3.05) is 0 Å². The quantitative estimate of drug-likeness (QED) is 0.546.